The number of carbonyl (C=O) groups is 2. The normalized spacial score (nSPS) is 17.2. The average molecular weight is 462 g/mol. The van der Waals surface area contributed by atoms with Crippen molar-refractivity contribution in [2.24, 2.45) is 4.99 Å². The van der Waals surface area contributed by atoms with E-state index in [1.54, 1.807) is 6.08 Å². The first kappa shape index (κ1) is 23.6. The highest BCUT2D eigenvalue weighted by Crippen LogP contribution is 2.24. The molecule has 1 aliphatic rings. The topological polar surface area (TPSA) is 63.9 Å². The monoisotopic (exact) mass is 461 g/mol. The van der Waals surface area contributed by atoms with Crippen molar-refractivity contribution in [3.05, 3.63) is 35.7 Å². The fourth-order valence-corrected chi connectivity index (χ4v) is 5.67. The van der Waals surface area contributed by atoms with Crippen molar-refractivity contribution in [1.82, 2.24) is 9.47 Å². The lowest BCUT2D eigenvalue weighted by atomic mass is 10.0. The van der Waals surface area contributed by atoms with Crippen molar-refractivity contribution in [2.45, 2.75) is 52.1 Å². The summed E-state index contributed by atoms with van der Waals surface area (Å²) in [6.45, 7) is 9.91. The van der Waals surface area contributed by atoms with Gasteiger partial charge in [-0.2, -0.15) is 4.99 Å². The number of piperidine rings is 1. The number of benzene rings is 1. The lowest BCUT2D eigenvalue weighted by Gasteiger charge is -2.35. The van der Waals surface area contributed by atoms with Crippen molar-refractivity contribution in [3.8, 4) is 5.75 Å². The number of fused-ring (bicyclic) bond motifs is 1. The molecule has 1 aromatic heterocycles. The summed E-state index contributed by atoms with van der Waals surface area (Å²) in [5.74, 6) is 1.24. The predicted molar refractivity (Wildman–Crippen MR) is 129 cm³/mol. The summed E-state index contributed by atoms with van der Waals surface area (Å²) >= 11 is 2.81. The highest BCUT2D eigenvalue weighted by molar-refractivity contribution is 8.00. The van der Waals surface area contributed by atoms with Crippen LogP contribution in [0.15, 0.2) is 35.8 Å². The smallest absolute Gasteiger partial charge is 0.258 e. The summed E-state index contributed by atoms with van der Waals surface area (Å²) in [6, 6.07) is 6.23. The van der Waals surface area contributed by atoms with Gasteiger partial charge in [0.2, 0.25) is 5.91 Å². The minimum absolute atomic E-state index is 0.136. The molecule has 0 bridgehead atoms. The van der Waals surface area contributed by atoms with Crippen LogP contribution in [0.3, 0.4) is 0 Å². The van der Waals surface area contributed by atoms with Gasteiger partial charge < -0.3 is 14.2 Å². The number of aromatic nitrogens is 1. The number of thioether (sulfide) groups is 1. The fourth-order valence-electron chi connectivity index (χ4n) is 3.90. The Hall–Kier alpha value is -2.06. The number of hydrogen-bond donors (Lipinski definition) is 0. The molecule has 0 aliphatic carbocycles. The molecule has 1 atom stereocenters. The minimum Gasteiger partial charge on any atom is -0.494 e. The summed E-state index contributed by atoms with van der Waals surface area (Å²) in [6.07, 6.45) is 6.13. The molecule has 6 nitrogen and oxygen atoms in total. The first-order valence-corrected chi connectivity index (χ1v) is 12.9. The Morgan fingerprint density at radius 2 is 2.16 bits per heavy atom. The van der Waals surface area contributed by atoms with Gasteiger partial charge in [0, 0.05) is 19.1 Å². The van der Waals surface area contributed by atoms with Gasteiger partial charge in [0.1, 0.15) is 5.75 Å². The van der Waals surface area contributed by atoms with Crippen LogP contribution in [-0.2, 0) is 16.1 Å². The van der Waals surface area contributed by atoms with Crippen LogP contribution in [0.1, 0.15) is 39.5 Å². The van der Waals surface area contributed by atoms with Crippen molar-refractivity contribution < 1.29 is 14.3 Å². The van der Waals surface area contributed by atoms with Gasteiger partial charge in [0.15, 0.2) is 4.80 Å². The molecule has 0 N–H and O–H groups in total. The molecule has 1 aliphatic heterocycles. The van der Waals surface area contributed by atoms with Gasteiger partial charge >= 0.3 is 0 Å². The molecule has 2 amide bonds. The van der Waals surface area contributed by atoms with Gasteiger partial charge in [-0.15, -0.1) is 18.3 Å². The second kappa shape index (κ2) is 11.5. The molecule has 2 heterocycles. The number of thiazole rings is 1. The maximum Gasteiger partial charge on any atom is 0.258 e. The van der Waals surface area contributed by atoms with Crippen LogP contribution in [0.5, 0.6) is 5.75 Å². The molecule has 3 rings (SSSR count). The summed E-state index contributed by atoms with van der Waals surface area (Å²) in [5.41, 5.74) is 0.999. The summed E-state index contributed by atoms with van der Waals surface area (Å²) in [7, 11) is 0. The second-order valence-electron chi connectivity index (χ2n) is 7.49. The van der Waals surface area contributed by atoms with Gasteiger partial charge in [0.25, 0.3) is 5.91 Å². The molecule has 0 radical (unpaired) electrons. The Labute approximate surface area is 192 Å². The summed E-state index contributed by atoms with van der Waals surface area (Å²) in [4.78, 5) is 32.1. The van der Waals surface area contributed by atoms with Crippen LogP contribution < -0.4 is 9.54 Å². The van der Waals surface area contributed by atoms with E-state index in [1.807, 2.05) is 34.6 Å². The Bertz CT molecular complexity index is 996. The summed E-state index contributed by atoms with van der Waals surface area (Å²) in [5, 5.41) is 0. The van der Waals surface area contributed by atoms with Gasteiger partial charge in [-0.1, -0.05) is 24.3 Å². The van der Waals surface area contributed by atoms with Crippen molar-refractivity contribution >= 4 is 45.1 Å². The Kier molecular flexibility index (Phi) is 8.78. The zero-order chi connectivity index (χ0) is 22.2. The lowest BCUT2D eigenvalue weighted by Crippen LogP contribution is -2.44. The van der Waals surface area contributed by atoms with Crippen LogP contribution in [0.4, 0.5) is 0 Å². The van der Waals surface area contributed by atoms with E-state index < -0.39 is 0 Å². The van der Waals surface area contributed by atoms with E-state index in [1.165, 1.54) is 29.5 Å². The third kappa shape index (κ3) is 6.01. The van der Waals surface area contributed by atoms with Crippen LogP contribution in [-0.4, -0.2) is 52.0 Å². The maximum atomic E-state index is 12.6. The number of likely N-dealkylation sites (tertiary alicyclic amines) is 1. The first-order valence-electron chi connectivity index (χ1n) is 10.9. The third-order valence-corrected chi connectivity index (χ3v) is 7.31. The molecule has 2 aromatic rings. The molecule has 0 spiro atoms. The van der Waals surface area contributed by atoms with E-state index in [-0.39, 0.29) is 17.6 Å². The van der Waals surface area contributed by atoms with Crippen LogP contribution >= 0.6 is 23.1 Å². The highest BCUT2D eigenvalue weighted by atomic mass is 32.2. The molecule has 31 heavy (non-hydrogen) atoms. The molecule has 1 saturated heterocycles. The Balaban J connectivity index is 1.67. The van der Waals surface area contributed by atoms with E-state index in [2.05, 4.69) is 18.5 Å². The SMILES string of the molecule is C=CCn1c(=NC(=O)CSCC(=O)N2CCCCC2CC)sc2cc(OCC)ccc21. The predicted octanol–water partition coefficient (Wildman–Crippen LogP) is 4.24. The first-order chi connectivity index (χ1) is 15.1. The number of amides is 2. The van der Waals surface area contributed by atoms with E-state index in [0.717, 1.165) is 41.8 Å². The van der Waals surface area contributed by atoms with Gasteiger partial charge in [-0.3, -0.25) is 9.59 Å². The van der Waals surface area contributed by atoms with E-state index in [0.29, 0.717) is 29.7 Å². The molecule has 1 aromatic carbocycles. The van der Waals surface area contributed by atoms with Crippen LogP contribution in [0.2, 0.25) is 0 Å². The van der Waals surface area contributed by atoms with Crippen molar-refractivity contribution in [2.75, 3.05) is 24.7 Å². The quantitative estimate of drug-likeness (QED) is 0.524. The zero-order valence-electron chi connectivity index (χ0n) is 18.3. The van der Waals surface area contributed by atoms with E-state index in [4.69, 9.17) is 4.74 Å². The van der Waals surface area contributed by atoms with Gasteiger partial charge in [-0.05, 0) is 50.8 Å². The molecular formula is C23H31N3O3S2. The molecule has 168 valence electrons. The van der Waals surface area contributed by atoms with E-state index >= 15 is 0 Å². The highest BCUT2D eigenvalue weighted by Gasteiger charge is 2.25. The Morgan fingerprint density at radius 3 is 2.90 bits per heavy atom. The fraction of sp³-hybridized carbons (Fsp3) is 0.522. The largest absolute Gasteiger partial charge is 0.494 e. The number of hydrogen-bond acceptors (Lipinski definition) is 5. The van der Waals surface area contributed by atoms with E-state index in [9.17, 15) is 9.59 Å². The number of rotatable bonds is 9. The molecular weight excluding hydrogens is 430 g/mol. The van der Waals surface area contributed by atoms with Crippen LogP contribution in [0.25, 0.3) is 10.2 Å². The van der Waals surface area contributed by atoms with Crippen molar-refractivity contribution in [3.63, 3.8) is 0 Å². The maximum absolute atomic E-state index is 12.6. The number of ether oxygens (including phenoxy) is 1. The standard InChI is InChI=1S/C23H31N3O3S2/c1-4-12-26-19-11-10-18(29-6-3)14-20(19)31-23(26)24-21(27)15-30-16-22(28)25-13-8-7-9-17(25)5-2/h4,10-11,14,17H,1,5-9,12-13,15-16H2,2-3H3. The average Bonchev–Trinajstić information content (AvgIpc) is 3.10. The molecule has 8 heteroatoms. The number of allylic oxidation sites excluding steroid dienone is 1. The number of carbonyl (C=O) groups excluding carboxylic acids is 2. The lowest BCUT2D eigenvalue weighted by molar-refractivity contribution is -0.132. The van der Waals surface area contributed by atoms with Crippen molar-refractivity contribution in [1.29, 1.82) is 0 Å². The van der Waals surface area contributed by atoms with Gasteiger partial charge in [0.05, 0.1) is 28.3 Å². The minimum atomic E-state index is -0.224. The zero-order valence-corrected chi connectivity index (χ0v) is 20.0. The molecule has 0 saturated carbocycles. The third-order valence-electron chi connectivity index (χ3n) is 5.37. The number of nitrogens with zero attached hydrogens (tertiary/aromatic N) is 3. The summed E-state index contributed by atoms with van der Waals surface area (Å²) < 4.78 is 8.58. The Morgan fingerprint density at radius 1 is 1.32 bits per heavy atom. The van der Waals surface area contributed by atoms with Crippen LogP contribution in [0, 0.1) is 0 Å². The molecule has 1 fully saturated rings. The molecule has 1 unspecified atom stereocenters. The second-order valence-corrected chi connectivity index (χ2v) is 9.48. The van der Waals surface area contributed by atoms with Gasteiger partial charge in [-0.25, -0.2) is 0 Å².